The van der Waals surface area contributed by atoms with Gasteiger partial charge in [-0.15, -0.1) is 0 Å². The molecule has 0 spiro atoms. The van der Waals surface area contributed by atoms with Crippen LogP contribution in [0.4, 0.5) is 0 Å². The Kier molecular flexibility index (Phi) is 2.43. The van der Waals surface area contributed by atoms with Crippen molar-refractivity contribution in [3.05, 3.63) is 12.3 Å². The second-order valence-electron chi connectivity index (χ2n) is 4.44. The maximum Gasteiger partial charge on any atom is 0.245 e. The van der Waals surface area contributed by atoms with Gasteiger partial charge in [0.1, 0.15) is 0 Å². The molecule has 4 heteroatoms. The Morgan fingerprint density at radius 2 is 2.29 bits per heavy atom. The summed E-state index contributed by atoms with van der Waals surface area (Å²) in [6.07, 6.45) is 8.13. The van der Waals surface area contributed by atoms with E-state index in [0.717, 1.165) is 6.54 Å². The number of hydrogen-bond donors (Lipinski definition) is 1. The molecule has 1 fully saturated rings. The number of halogens is 1. The van der Waals surface area contributed by atoms with E-state index in [1.54, 1.807) is 0 Å². The van der Waals surface area contributed by atoms with Crippen molar-refractivity contribution >= 4 is 22.1 Å². The third-order valence-electron chi connectivity index (χ3n) is 2.95. The molecule has 2 rings (SSSR count). The first-order valence-electron chi connectivity index (χ1n) is 4.99. The lowest BCUT2D eigenvalue weighted by Gasteiger charge is -2.42. The molecule has 0 amide bonds. The van der Waals surface area contributed by atoms with Crippen molar-refractivity contribution in [2.24, 2.45) is 4.99 Å². The van der Waals surface area contributed by atoms with Crippen LogP contribution in [0.2, 0.25) is 0 Å². The highest BCUT2D eigenvalue weighted by atomic mass is 79.9. The second-order valence-corrected chi connectivity index (χ2v) is 5.54. The molecule has 0 aromatic rings. The molecule has 14 heavy (non-hydrogen) atoms. The van der Waals surface area contributed by atoms with Gasteiger partial charge in [-0.05, 0) is 48.7 Å². The Bertz CT molecular complexity index is 285. The largest absolute Gasteiger partial charge is 0.346 e. The van der Waals surface area contributed by atoms with Crippen molar-refractivity contribution in [1.29, 1.82) is 0 Å². The summed E-state index contributed by atoms with van der Waals surface area (Å²) >= 11 is 3.66. The molecule has 0 radical (unpaired) electrons. The van der Waals surface area contributed by atoms with Gasteiger partial charge in [0.2, 0.25) is 4.70 Å². The maximum atomic E-state index is 4.46. The first kappa shape index (κ1) is 10.2. The normalized spacial score (nSPS) is 35.9. The van der Waals surface area contributed by atoms with Crippen molar-refractivity contribution < 1.29 is 0 Å². The van der Waals surface area contributed by atoms with Crippen molar-refractivity contribution in [3.63, 3.8) is 0 Å². The molecule has 1 unspecified atom stereocenters. The minimum Gasteiger partial charge on any atom is -0.346 e. The summed E-state index contributed by atoms with van der Waals surface area (Å²) < 4.78 is -0.429. The summed E-state index contributed by atoms with van der Waals surface area (Å²) in [5, 5.41) is 3.26. The fraction of sp³-hybridized carbons (Fsp3) is 0.700. The lowest BCUT2D eigenvalue weighted by atomic mass is 10.0. The smallest absolute Gasteiger partial charge is 0.245 e. The standard InChI is InChI=1S/C10H16BrN3/c1-9(2)5-3-8-14(9)10(11)12-6-4-7-13-10/h4,6-7,12H,3,5,8H2,1-2H3. The molecule has 1 atom stereocenters. The molecular formula is C10H16BrN3. The molecule has 2 aliphatic rings. The molecule has 0 bridgehead atoms. The molecule has 0 saturated carbocycles. The summed E-state index contributed by atoms with van der Waals surface area (Å²) in [6.45, 7) is 5.60. The number of nitrogens with one attached hydrogen (secondary N) is 1. The summed E-state index contributed by atoms with van der Waals surface area (Å²) in [7, 11) is 0. The van der Waals surface area contributed by atoms with E-state index in [2.05, 4.69) is 45.0 Å². The fourth-order valence-electron chi connectivity index (χ4n) is 2.18. The number of rotatable bonds is 1. The Labute approximate surface area is 93.4 Å². The van der Waals surface area contributed by atoms with Crippen LogP contribution in [0.5, 0.6) is 0 Å². The van der Waals surface area contributed by atoms with E-state index in [0.29, 0.717) is 0 Å². The molecule has 0 aromatic heterocycles. The molecule has 1 N–H and O–H groups in total. The maximum absolute atomic E-state index is 4.46. The van der Waals surface area contributed by atoms with Gasteiger partial charge in [-0.3, -0.25) is 0 Å². The Hall–Kier alpha value is -0.350. The van der Waals surface area contributed by atoms with Gasteiger partial charge in [-0.2, -0.15) is 0 Å². The van der Waals surface area contributed by atoms with Crippen molar-refractivity contribution in [2.75, 3.05) is 6.54 Å². The van der Waals surface area contributed by atoms with E-state index in [1.807, 2.05) is 18.5 Å². The SMILES string of the molecule is CC1(C)CCCN1C1(Br)N=CC=CN1. The molecule has 78 valence electrons. The number of likely N-dealkylation sites (tertiary alicyclic amines) is 1. The van der Waals surface area contributed by atoms with Gasteiger partial charge >= 0.3 is 0 Å². The van der Waals surface area contributed by atoms with Gasteiger partial charge in [-0.25, -0.2) is 9.89 Å². The zero-order valence-corrected chi connectivity index (χ0v) is 10.2. The third kappa shape index (κ3) is 1.61. The van der Waals surface area contributed by atoms with E-state index in [1.165, 1.54) is 12.8 Å². The number of alkyl halides is 1. The van der Waals surface area contributed by atoms with E-state index in [4.69, 9.17) is 0 Å². The van der Waals surface area contributed by atoms with Crippen LogP contribution in [0.15, 0.2) is 17.3 Å². The van der Waals surface area contributed by atoms with Gasteiger partial charge in [0.15, 0.2) is 0 Å². The summed E-state index contributed by atoms with van der Waals surface area (Å²) in [5.74, 6) is 0. The Balaban J connectivity index is 2.22. The molecule has 0 aliphatic carbocycles. The lowest BCUT2D eigenvalue weighted by molar-refractivity contribution is 0.0885. The summed E-state index contributed by atoms with van der Waals surface area (Å²) in [4.78, 5) is 6.82. The van der Waals surface area contributed by atoms with Gasteiger partial charge in [0, 0.05) is 24.5 Å². The van der Waals surface area contributed by atoms with Crippen LogP contribution in [0.25, 0.3) is 0 Å². The molecule has 1 saturated heterocycles. The van der Waals surface area contributed by atoms with Crippen LogP contribution >= 0.6 is 15.9 Å². The van der Waals surface area contributed by atoms with Crippen LogP contribution in [0.3, 0.4) is 0 Å². The zero-order chi connectivity index (χ0) is 10.2. The van der Waals surface area contributed by atoms with Crippen LogP contribution in [0, 0.1) is 0 Å². The van der Waals surface area contributed by atoms with E-state index in [-0.39, 0.29) is 5.54 Å². The predicted molar refractivity (Wildman–Crippen MR) is 62.4 cm³/mol. The van der Waals surface area contributed by atoms with Crippen molar-refractivity contribution in [3.8, 4) is 0 Å². The lowest BCUT2D eigenvalue weighted by Crippen LogP contribution is -2.57. The van der Waals surface area contributed by atoms with Crippen LogP contribution in [0.1, 0.15) is 26.7 Å². The minimum absolute atomic E-state index is 0.207. The first-order valence-corrected chi connectivity index (χ1v) is 5.79. The van der Waals surface area contributed by atoms with Crippen LogP contribution in [-0.2, 0) is 0 Å². The minimum atomic E-state index is -0.429. The quantitative estimate of drug-likeness (QED) is 0.576. The van der Waals surface area contributed by atoms with E-state index < -0.39 is 4.70 Å². The number of nitrogens with zero attached hydrogens (tertiary/aromatic N) is 2. The highest BCUT2D eigenvalue weighted by Crippen LogP contribution is 2.38. The summed E-state index contributed by atoms with van der Waals surface area (Å²) in [5.41, 5.74) is 0.207. The Morgan fingerprint density at radius 3 is 2.79 bits per heavy atom. The topological polar surface area (TPSA) is 27.6 Å². The summed E-state index contributed by atoms with van der Waals surface area (Å²) in [6, 6.07) is 0. The first-order chi connectivity index (χ1) is 6.55. The third-order valence-corrected chi connectivity index (χ3v) is 3.82. The molecule has 2 heterocycles. The van der Waals surface area contributed by atoms with E-state index in [9.17, 15) is 0 Å². The zero-order valence-electron chi connectivity index (χ0n) is 8.63. The molecule has 0 aromatic carbocycles. The van der Waals surface area contributed by atoms with Gasteiger partial charge in [0.05, 0.1) is 0 Å². The fourth-order valence-corrected chi connectivity index (χ4v) is 3.09. The molecule has 3 nitrogen and oxygen atoms in total. The highest BCUT2D eigenvalue weighted by Gasteiger charge is 2.44. The van der Waals surface area contributed by atoms with Gasteiger partial charge in [0.25, 0.3) is 0 Å². The van der Waals surface area contributed by atoms with Crippen molar-refractivity contribution in [1.82, 2.24) is 10.2 Å². The second kappa shape index (κ2) is 3.35. The van der Waals surface area contributed by atoms with Crippen molar-refractivity contribution in [2.45, 2.75) is 36.9 Å². The Morgan fingerprint density at radius 1 is 1.50 bits per heavy atom. The monoisotopic (exact) mass is 257 g/mol. The van der Waals surface area contributed by atoms with E-state index >= 15 is 0 Å². The molecular weight excluding hydrogens is 242 g/mol. The van der Waals surface area contributed by atoms with Gasteiger partial charge in [-0.1, -0.05) is 0 Å². The number of hydrogen-bond acceptors (Lipinski definition) is 3. The highest BCUT2D eigenvalue weighted by molar-refractivity contribution is 9.10. The number of allylic oxidation sites excluding steroid dienone is 1. The number of aliphatic imine (C=N–C) groups is 1. The average molecular weight is 258 g/mol. The van der Waals surface area contributed by atoms with Gasteiger partial charge < -0.3 is 5.32 Å². The van der Waals surface area contributed by atoms with Crippen LogP contribution in [-0.4, -0.2) is 27.9 Å². The average Bonchev–Trinajstić information content (AvgIpc) is 2.47. The van der Waals surface area contributed by atoms with Crippen LogP contribution < -0.4 is 5.32 Å². The predicted octanol–water partition coefficient (Wildman–Crippen LogP) is 2.05. The molecule has 2 aliphatic heterocycles.